The van der Waals surface area contributed by atoms with Gasteiger partial charge in [-0.2, -0.15) is 0 Å². The molecule has 3 nitrogen and oxygen atoms in total. The fourth-order valence-corrected chi connectivity index (χ4v) is 1.77. The molecule has 0 amide bonds. The van der Waals surface area contributed by atoms with E-state index in [1.54, 1.807) is 13.0 Å². The maximum Gasteiger partial charge on any atom is 0.330 e. The van der Waals surface area contributed by atoms with Crippen molar-refractivity contribution in [3.8, 4) is 0 Å². The molecule has 1 aliphatic heterocycles. The summed E-state index contributed by atoms with van der Waals surface area (Å²) in [5.74, 6) is -0.299. The van der Waals surface area contributed by atoms with Gasteiger partial charge in [0.2, 0.25) is 0 Å². The quantitative estimate of drug-likeness (QED) is 0.589. The van der Waals surface area contributed by atoms with Crippen LogP contribution in [0.5, 0.6) is 0 Å². The number of nitrogens with zero attached hydrogens (tertiary/aromatic N) is 1. The van der Waals surface area contributed by atoms with Crippen LogP contribution >= 0.6 is 0 Å². The molecule has 0 aliphatic carbocycles. The van der Waals surface area contributed by atoms with Gasteiger partial charge in [-0.25, -0.2) is 4.79 Å². The van der Waals surface area contributed by atoms with Crippen LogP contribution in [0.1, 0.15) is 23.6 Å². The number of rotatable bonds is 3. The largest absolute Gasteiger partial charge is 0.463 e. The van der Waals surface area contributed by atoms with E-state index in [2.05, 4.69) is 11.1 Å². The minimum Gasteiger partial charge on any atom is -0.463 e. The number of ether oxygens (including phenoxy) is 1. The van der Waals surface area contributed by atoms with E-state index >= 15 is 0 Å². The molecule has 0 radical (unpaired) electrons. The Morgan fingerprint density at radius 1 is 1.53 bits per heavy atom. The molecule has 1 aromatic carbocycles. The Kier molecular flexibility index (Phi) is 3.70. The molecule has 0 N–H and O–H groups in total. The second kappa shape index (κ2) is 5.43. The zero-order valence-electron chi connectivity index (χ0n) is 9.85. The summed E-state index contributed by atoms with van der Waals surface area (Å²) in [7, 11) is 0. The van der Waals surface area contributed by atoms with Crippen molar-refractivity contribution in [3.05, 3.63) is 41.0 Å². The number of hydrogen-bond donors (Lipinski definition) is 0. The van der Waals surface area contributed by atoms with Crippen molar-refractivity contribution in [1.29, 1.82) is 0 Å². The van der Waals surface area contributed by atoms with Crippen LogP contribution in [0.2, 0.25) is 0 Å². The standard InChI is InChI=1S/C14H15NO2/c1-2-17-14(16)6-4-11-3-5-13-10-15-8-7-12(13)9-11/h3-6,9-10H,2,7-8H2,1H3/b6-4+. The van der Waals surface area contributed by atoms with Gasteiger partial charge in [0.15, 0.2) is 0 Å². The van der Waals surface area contributed by atoms with Crippen molar-refractivity contribution in [1.82, 2.24) is 0 Å². The molecular weight excluding hydrogens is 214 g/mol. The summed E-state index contributed by atoms with van der Waals surface area (Å²) < 4.78 is 4.83. The van der Waals surface area contributed by atoms with Gasteiger partial charge < -0.3 is 4.74 Å². The SMILES string of the molecule is CCOC(=O)/C=C/c1ccc2c(c1)CCN=C2. The third kappa shape index (κ3) is 3.03. The van der Waals surface area contributed by atoms with E-state index in [4.69, 9.17) is 4.74 Å². The van der Waals surface area contributed by atoms with Gasteiger partial charge in [-0.15, -0.1) is 0 Å². The normalized spacial score (nSPS) is 13.7. The van der Waals surface area contributed by atoms with Gasteiger partial charge in [-0.05, 0) is 36.1 Å². The number of aliphatic imine (C=N–C) groups is 1. The Balaban J connectivity index is 2.12. The van der Waals surface area contributed by atoms with Gasteiger partial charge in [0, 0.05) is 18.8 Å². The van der Waals surface area contributed by atoms with Crippen LogP contribution in [-0.2, 0) is 16.0 Å². The van der Waals surface area contributed by atoms with E-state index in [9.17, 15) is 4.79 Å². The molecule has 2 rings (SSSR count). The smallest absolute Gasteiger partial charge is 0.330 e. The summed E-state index contributed by atoms with van der Waals surface area (Å²) in [6.45, 7) is 3.05. The van der Waals surface area contributed by atoms with Gasteiger partial charge in [-0.3, -0.25) is 4.99 Å². The van der Waals surface area contributed by atoms with Crippen LogP contribution in [0.15, 0.2) is 29.3 Å². The highest BCUT2D eigenvalue weighted by molar-refractivity contribution is 5.88. The second-order valence-corrected chi connectivity index (χ2v) is 3.83. The average Bonchev–Trinajstić information content (AvgIpc) is 2.36. The van der Waals surface area contributed by atoms with Crippen molar-refractivity contribution in [2.45, 2.75) is 13.3 Å². The molecule has 1 aliphatic rings. The Labute approximate surface area is 101 Å². The van der Waals surface area contributed by atoms with Crippen molar-refractivity contribution < 1.29 is 9.53 Å². The third-order valence-corrected chi connectivity index (χ3v) is 2.61. The lowest BCUT2D eigenvalue weighted by atomic mass is 10.00. The highest BCUT2D eigenvalue weighted by Crippen LogP contribution is 2.15. The Morgan fingerprint density at radius 2 is 2.41 bits per heavy atom. The van der Waals surface area contributed by atoms with Crippen LogP contribution in [0, 0.1) is 0 Å². The molecule has 88 valence electrons. The number of hydrogen-bond acceptors (Lipinski definition) is 3. The highest BCUT2D eigenvalue weighted by Gasteiger charge is 2.05. The monoisotopic (exact) mass is 229 g/mol. The van der Waals surface area contributed by atoms with E-state index in [1.165, 1.54) is 17.2 Å². The molecule has 0 saturated heterocycles. The first kappa shape index (κ1) is 11.6. The number of benzene rings is 1. The van der Waals surface area contributed by atoms with Gasteiger partial charge in [0.05, 0.1) is 6.61 Å². The lowest BCUT2D eigenvalue weighted by molar-refractivity contribution is -0.137. The summed E-state index contributed by atoms with van der Waals surface area (Å²) in [6, 6.07) is 6.10. The summed E-state index contributed by atoms with van der Waals surface area (Å²) in [5, 5.41) is 0. The molecule has 0 spiro atoms. The fraction of sp³-hybridized carbons (Fsp3) is 0.286. The predicted octanol–water partition coefficient (Wildman–Crippen LogP) is 2.24. The van der Waals surface area contributed by atoms with Crippen molar-refractivity contribution in [3.63, 3.8) is 0 Å². The maximum absolute atomic E-state index is 11.2. The minimum absolute atomic E-state index is 0.299. The molecule has 3 heteroatoms. The molecule has 17 heavy (non-hydrogen) atoms. The first-order chi connectivity index (χ1) is 8.29. The molecular formula is C14H15NO2. The van der Waals surface area contributed by atoms with Crippen molar-refractivity contribution >= 4 is 18.3 Å². The lowest BCUT2D eigenvalue weighted by Crippen LogP contribution is -2.03. The zero-order valence-corrected chi connectivity index (χ0v) is 9.85. The summed E-state index contributed by atoms with van der Waals surface area (Å²) in [6.07, 6.45) is 6.11. The van der Waals surface area contributed by atoms with E-state index < -0.39 is 0 Å². The lowest BCUT2D eigenvalue weighted by Gasteiger charge is -2.09. The van der Waals surface area contributed by atoms with Crippen LogP contribution in [0.3, 0.4) is 0 Å². The van der Waals surface area contributed by atoms with Crippen molar-refractivity contribution in [2.24, 2.45) is 4.99 Å². The van der Waals surface area contributed by atoms with E-state index in [0.29, 0.717) is 6.61 Å². The summed E-state index contributed by atoms with van der Waals surface area (Å²) in [4.78, 5) is 15.4. The fourth-order valence-electron chi connectivity index (χ4n) is 1.77. The van der Waals surface area contributed by atoms with Crippen LogP contribution in [-0.4, -0.2) is 25.3 Å². The second-order valence-electron chi connectivity index (χ2n) is 3.83. The predicted molar refractivity (Wildman–Crippen MR) is 68.3 cm³/mol. The summed E-state index contributed by atoms with van der Waals surface area (Å²) >= 11 is 0. The van der Waals surface area contributed by atoms with E-state index in [0.717, 1.165) is 18.5 Å². The molecule has 0 atom stereocenters. The van der Waals surface area contributed by atoms with Gasteiger partial charge in [0.1, 0.15) is 0 Å². The van der Waals surface area contributed by atoms with Crippen LogP contribution < -0.4 is 0 Å². The number of carbonyl (C=O) groups is 1. The Hall–Kier alpha value is -1.90. The van der Waals surface area contributed by atoms with E-state index in [1.807, 2.05) is 18.3 Å². The highest BCUT2D eigenvalue weighted by atomic mass is 16.5. The molecule has 0 saturated carbocycles. The Bertz CT molecular complexity index is 475. The van der Waals surface area contributed by atoms with E-state index in [-0.39, 0.29) is 5.97 Å². The third-order valence-electron chi connectivity index (χ3n) is 2.61. The molecule has 0 aromatic heterocycles. The average molecular weight is 229 g/mol. The van der Waals surface area contributed by atoms with Crippen LogP contribution in [0.4, 0.5) is 0 Å². The topological polar surface area (TPSA) is 38.7 Å². The molecule has 0 unspecified atom stereocenters. The summed E-state index contributed by atoms with van der Waals surface area (Å²) in [5.41, 5.74) is 3.47. The number of esters is 1. The van der Waals surface area contributed by atoms with Gasteiger partial charge in [0.25, 0.3) is 0 Å². The van der Waals surface area contributed by atoms with Crippen LogP contribution in [0.25, 0.3) is 6.08 Å². The number of carbonyl (C=O) groups excluding carboxylic acids is 1. The minimum atomic E-state index is -0.299. The van der Waals surface area contributed by atoms with Gasteiger partial charge >= 0.3 is 5.97 Å². The molecule has 0 fully saturated rings. The van der Waals surface area contributed by atoms with Gasteiger partial charge in [-0.1, -0.05) is 18.2 Å². The first-order valence-corrected chi connectivity index (χ1v) is 5.77. The van der Waals surface area contributed by atoms with Crippen molar-refractivity contribution in [2.75, 3.05) is 13.2 Å². The Morgan fingerprint density at radius 3 is 3.24 bits per heavy atom. The maximum atomic E-state index is 11.2. The zero-order chi connectivity index (χ0) is 12.1. The number of fused-ring (bicyclic) bond motifs is 1. The molecule has 0 bridgehead atoms. The first-order valence-electron chi connectivity index (χ1n) is 5.77. The molecule has 1 aromatic rings. The molecule has 1 heterocycles.